The van der Waals surface area contributed by atoms with Gasteiger partial charge in [-0.15, -0.1) is 0 Å². The molecule has 1 atom stereocenters. The van der Waals surface area contributed by atoms with Crippen molar-refractivity contribution < 1.29 is 27.5 Å². The van der Waals surface area contributed by atoms with Crippen molar-refractivity contribution in [2.24, 2.45) is 0 Å². The van der Waals surface area contributed by atoms with Gasteiger partial charge in [0.2, 0.25) is 11.8 Å². The highest BCUT2D eigenvalue weighted by atomic mass is 35.5. The number of halogens is 2. The van der Waals surface area contributed by atoms with Gasteiger partial charge in [-0.05, 0) is 56.7 Å². The molecule has 0 aromatic heterocycles. The number of unbranched alkanes of at least 4 members (excludes halogenated alkanes) is 1. The third-order valence-corrected chi connectivity index (χ3v) is 9.43. The molecular formula is C31H37Cl2N3O6S. The molecule has 0 heterocycles. The topological polar surface area (TPSA) is 105 Å². The Morgan fingerprint density at radius 2 is 1.58 bits per heavy atom. The summed E-state index contributed by atoms with van der Waals surface area (Å²) in [6.45, 7) is 5.12. The van der Waals surface area contributed by atoms with Gasteiger partial charge in [-0.2, -0.15) is 0 Å². The van der Waals surface area contributed by atoms with Crippen LogP contribution in [0.4, 0.5) is 5.69 Å². The molecule has 1 N–H and O–H groups in total. The minimum absolute atomic E-state index is 0.00765. The molecule has 0 bridgehead atoms. The van der Waals surface area contributed by atoms with E-state index in [1.165, 1.54) is 43.4 Å². The molecule has 0 aliphatic carbocycles. The molecule has 12 heteroatoms. The Kier molecular flexibility index (Phi) is 12.1. The van der Waals surface area contributed by atoms with Crippen LogP contribution < -0.4 is 19.1 Å². The van der Waals surface area contributed by atoms with Crippen LogP contribution in [0.25, 0.3) is 0 Å². The van der Waals surface area contributed by atoms with Crippen molar-refractivity contribution in [3.63, 3.8) is 0 Å². The van der Waals surface area contributed by atoms with Gasteiger partial charge < -0.3 is 19.7 Å². The predicted octanol–water partition coefficient (Wildman–Crippen LogP) is 5.85. The number of rotatable bonds is 14. The molecule has 3 aromatic carbocycles. The minimum atomic E-state index is -4.26. The van der Waals surface area contributed by atoms with Gasteiger partial charge in [0, 0.05) is 34.8 Å². The molecule has 0 unspecified atom stereocenters. The molecule has 43 heavy (non-hydrogen) atoms. The van der Waals surface area contributed by atoms with Crippen LogP contribution in [0.1, 0.15) is 37.8 Å². The van der Waals surface area contributed by atoms with E-state index in [1.807, 2.05) is 13.8 Å². The molecule has 3 rings (SSSR count). The number of hydrogen-bond acceptors (Lipinski definition) is 6. The molecule has 3 aromatic rings. The Morgan fingerprint density at radius 3 is 2.16 bits per heavy atom. The Labute approximate surface area is 263 Å². The summed E-state index contributed by atoms with van der Waals surface area (Å²) in [4.78, 5) is 28.6. The van der Waals surface area contributed by atoms with Crippen molar-refractivity contribution in [2.45, 2.75) is 51.1 Å². The summed E-state index contributed by atoms with van der Waals surface area (Å²) >= 11 is 12.9. The Morgan fingerprint density at radius 1 is 0.953 bits per heavy atom. The number of sulfonamides is 1. The van der Waals surface area contributed by atoms with E-state index in [2.05, 4.69) is 5.32 Å². The Bertz CT molecular complexity index is 1510. The molecule has 9 nitrogen and oxygen atoms in total. The fourth-order valence-corrected chi connectivity index (χ4v) is 6.24. The highest BCUT2D eigenvalue weighted by Crippen LogP contribution is 2.34. The van der Waals surface area contributed by atoms with Crippen LogP contribution in [0.2, 0.25) is 10.0 Å². The molecule has 0 aliphatic heterocycles. The molecule has 0 radical (unpaired) electrons. The third-order valence-electron chi connectivity index (χ3n) is 6.93. The lowest BCUT2D eigenvalue weighted by Crippen LogP contribution is -2.51. The maximum atomic E-state index is 14.1. The Balaban J connectivity index is 2.10. The lowest BCUT2D eigenvalue weighted by atomic mass is 10.1. The molecular weight excluding hydrogens is 613 g/mol. The van der Waals surface area contributed by atoms with Crippen LogP contribution in [-0.4, -0.2) is 58.5 Å². The van der Waals surface area contributed by atoms with E-state index in [1.54, 1.807) is 43.3 Å². The van der Waals surface area contributed by atoms with Crippen LogP contribution in [0, 0.1) is 6.92 Å². The summed E-state index contributed by atoms with van der Waals surface area (Å²) in [6, 6.07) is 14.9. The first kappa shape index (κ1) is 34.0. The zero-order valence-electron chi connectivity index (χ0n) is 24.9. The highest BCUT2D eigenvalue weighted by Gasteiger charge is 2.33. The van der Waals surface area contributed by atoms with Crippen molar-refractivity contribution in [1.82, 2.24) is 10.2 Å². The number of carbonyl (C=O) groups excluding carboxylic acids is 2. The second-order valence-electron chi connectivity index (χ2n) is 9.91. The first-order chi connectivity index (χ1) is 20.4. The third kappa shape index (κ3) is 8.34. The minimum Gasteiger partial charge on any atom is -0.493 e. The highest BCUT2D eigenvalue weighted by molar-refractivity contribution is 7.92. The number of carbonyl (C=O) groups is 2. The van der Waals surface area contributed by atoms with Gasteiger partial charge >= 0.3 is 0 Å². The van der Waals surface area contributed by atoms with Gasteiger partial charge in [0.25, 0.3) is 10.0 Å². The number of amides is 2. The van der Waals surface area contributed by atoms with Crippen molar-refractivity contribution in [1.29, 1.82) is 0 Å². The molecule has 0 spiro atoms. The van der Waals surface area contributed by atoms with Crippen LogP contribution in [0.3, 0.4) is 0 Å². The first-order valence-electron chi connectivity index (χ1n) is 13.8. The van der Waals surface area contributed by atoms with E-state index >= 15 is 0 Å². The van der Waals surface area contributed by atoms with Gasteiger partial charge in [-0.25, -0.2) is 8.42 Å². The van der Waals surface area contributed by atoms with Crippen LogP contribution in [-0.2, 0) is 26.2 Å². The van der Waals surface area contributed by atoms with Crippen LogP contribution >= 0.6 is 23.2 Å². The van der Waals surface area contributed by atoms with Crippen LogP contribution in [0.15, 0.2) is 65.6 Å². The van der Waals surface area contributed by atoms with Gasteiger partial charge in [-0.1, -0.05) is 60.3 Å². The number of aryl methyl sites for hydroxylation is 1. The smallest absolute Gasteiger partial charge is 0.264 e. The van der Waals surface area contributed by atoms with Gasteiger partial charge in [0.1, 0.15) is 12.6 Å². The van der Waals surface area contributed by atoms with E-state index in [-0.39, 0.29) is 28.8 Å². The number of nitrogens with zero attached hydrogens (tertiary/aromatic N) is 2. The van der Waals surface area contributed by atoms with Crippen LogP contribution in [0.5, 0.6) is 11.5 Å². The maximum absolute atomic E-state index is 14.1. The van der Waals surface area contributed by atoms with E-state index in [0.717, 1.165) is 22.7 Å². The summed E-state index contributed by atoms with van der Waals surface area (Å²) < 4.78 is 39.9. The van der Waals surface area contributed by atoms with E-state index in [0.29, 0.717) is 27.9 Å². The summed E-state index contributed by atoms with van der Waals surface area (Å²) in [5.74, 6) is -0.360. The standard InChI is InChI=1S/C31H37Cl2N3O6S/c1-6-7-17-34-31(38)22(3)35(19-25-26(32)9-8-10-27(25)33)30(37)20-36(23-13-16-28(41-4)29(18-23)42-5)43(39,40)24-14-11-21(2)12-15-24/h8-16,18,22H,6-7,17,19-20H2,1-5H3,(H,34,38)/t22-/m1/s1. The molecule has 232 valence electrons. The summed E-state index contributed by atoms with van der Waals surface area (Å²) in [5.41, 5.74) is 1.48. The lowest BCUT2D eigenvalue weighted by Gasteiger charge is -2.32. The number of anilines is 1. The second-order valence-corrected chi connectivity index (χ2v) is 12.6. The van der Waals surface area contributed by atoms with E-state index in [4.69, 9.17) is 32.7 Å². The average Bonchev–Trinajstić information content (AvgIpc) is 2.99. The fraction of sp³-hybridized carbons (Fsp3) is 0.355. The normalized spacial score (nSPS) is 11.9. The SMILES string of the molecule is CCCCNC(=O)[C@@H](C)N(Cc1c(Cl)cccc1Cl)C(=O)CN(c1ccc(OC)c(OC)c1)S(=O)(=O)c1ccc(C)cc1. The van der Waals surface area contributed by atoms with Gasteiger partial charge in [0.15, 0.2) is 11.5 Å². The van der Waals surface area contributed by atoms with Gasteiger partial charge in [0.05, 0.1) is 24.8 Å². The zero-order chi connectivity index (χ0) is 31.7. The van der Waals surface area contributed by atoms with E-state index in [9.17, 15) is 18.0 Å². The number of methoxy groups -OCH3 is 2. The number of nitrogens with one attached hydrogen (secondary N) is 1. The first-order valence-corrected chi connectivity index (χ1v) is 16.0. The monoisotopic (exact) mass is 649 g/mol. The largest absolute Gasteiger partial charge is 0.493 e. The average molecular weight is 651 g/mol. The van der Waals surface area contributed by atoms with Gasteiger partial charge in [-0.3, -0.25) is 13.9 Å². The Hall–Kier alpha value is -3.47. The van der Waals surface area contributed by atoms with E-state index < -0.39 is 28.5 Å². The number of hydrogen-bond donors (Lipinski definition) is 1. The number of benzene rings is 3. The van der Waals surface area contributed by atoms with Crippen molar-refractivity contribution >= 4 is 50.7 Å². The number of ether oxygens (including phenoxy) is 2. The summed E-state index contributed by atoms with van der Waals surface area (Å²) in [6.07, 6.45) is 1.65. The molecule has 0 saturated heterocycles. The molecule has 2 amide bonds. The van der Waals surface area contributed by atoms with Crippen molar-refractivity contribution in [2.75, 3.05) is 31.6 Å². The van der Waals surface area contributed by atoms with Crippen molar-refractivity contribution in [3.05, 3.63) is 81.8 Å². The quantitative estimate of drug-likeness (QED) is 0.220. The fourth-order valence-electron chi connectivity index (χ4n) is 4.32. The molecule has 0 saturated carbocycles. The second kappa shape index (κ2) is 15.3. The lowest BCUT2D eigenvalue weighted by molar-refractivity contribution is -0.139. The summed E-state index contributed by atoms with van der Waals surface area (Å²) in [5, 5.41) is 3.47. The zero-order valence-corrected chi connectivity index (χ0v) is 27.2. The maximum Gasteiger partial charge on any atom is 0.264 e. The molecule has 0 fully saturated rings. The predicted molar refractivity (Wildman–Crippen MR) is 170 cm³/mol. The van der Waals surface area contributed by atoms with Crippen molar-refractivity contribution in [3.8, 4) is 11.5 Å². The summed E-state index contributed by atoms with van der Waals surface area (Å²) in [7, 11) is -1.37. The molecule has 0 aliphatic rings.